The Kier molecular flexibility index (Phi) is 2.35. The lowest BCUT2D eigenvalue weighted by atomic mass is 10.2. The summed E-state index contributed by atoms with van der Waals surface area (Å²) < 4.78 is 0. The first-order valence-corrected chi connectivity index (χ1v) is 4.83. The van der Waals surface area contributed by atoms with Crippen molar-refractivity contribution in [2.45, 2.75) is 19.9 Å². The summed E-state index contributed by atoms with van der Waals surface area (Å²) in [5.74, 6) is 0. The monoisotopic (exact) mass is 186 g/mol. The highest BCUT2D eigenvalue weighted by Crippen LogP contribution is 2.19. The molecule has 1 atom stereocenters. The Bertz CT molecular complexity index is 365. The van der Waals surface area contributed by atoms with Crippen molar-refractivity contribution in [3.05, 3.63) is 42.1 Å². The summed E-state index contributed by atoms with van der Waals surface area (Å²) in [4.78, 5) is 6.46. The number of para-hydroxylation sites is 1. The third-order valence-corrected chi connectivity index (χ3v) is 2.31. The Hall–Kier alpha value is -1.57. The van der Waals surface area contributed by atoms with Gasteiger partial charge < -0.3 is 4.90 Å². The van der Waals surface area contributed by atoms with Gasteiger partial charge in [0.2, 0.25) is 0 Å². The fourth-order valence-corrected chi connectivity index (χ4v) is 1.59. The van der Waals surface area contributed by atoms with Crippen LogP contribution in [-0.2, 0) is 0 Å². The zero-order valence-electron chi connectivity index (χ0n) is 8.51. The minimum Gasteiger partial charge on any atom is -0.306 e. The molecular formula is C12H14N2. The van der Waals surface area contributed by atoms with Gasteiger partial charge in [-0.25, -0.2) is 0 Å². The lowest BCUT2D eigenvalue weighted by molar-refractivity contribution is 0.888. The summed E-state index contributed by atoms with van der Waals surface area (Å²) in [6, 6.07) is 10.6. The van der Waals surface area contributed by atoms with Crippen LogP contribution in [0.4, 0.5) is 5.69 Å². The molecule has 2 nitrogen and oxygen atoms in total. The van der Waals surface area contributed by atoms with Gasteiger partial charge in [-0.15, -0.1) is 0 Å². The number of rotatable bonds is 1. The third kappa shape index (κ3) is 1.69. The number of anilines is 1. The predicted octanol–water partition coefficient (Wildman–Crippen LogP) is 2.83. The quantitative estimate of drug-likeness (QED) is 0.658. The average Bonchev–Trinajstić information content (AvgIpc) is 2.19. The van der Waals surface area contributed by atoms with Crippen LogP contribution in [0.25, 0.3) is 0 Å². The van der Waals surface area contributed by atoms with Gasteiger partial charge in [0.1, 0.15) is 0 Å². The maximum Gasteiger partial charge on any atom is 0.0944 e. The number of allylic oxidation sites excluding steroid dienone is 1. The second-order valence-electron chi connectivity index (χ2n) is 3.52. The van der Waals surface area contributed by atoms with Gasteiger partial charge in [-0.3, -0.25) is 4.99 Å². The molecule has 0 spiro atoms. The molecule has 14 heavy (non-hydrogen) atoms. The van der Waals surface area contributed by atoms with Crippen LogP contribution < -0.4 is 4.90 Å². The Morgan fingerprint density at radius 1 is 1.21 bits per heavy atom. The first-order chi connectivity index (χ1) is 6.77. The summed E-state index contributed by atoms with van der Waals surface area (Å²) >= 11 is 0. The van der Waals surface area contributed by atoms with Crippen LogP contribution in [0.1, 0.15) is 13.8 Å². The molecule has 0 saturated carbocycles. The average molecular weight is 186 g/mol. The highest BCUT2D eigenvalue weighted by Gasteiger charge is 2.10. The molecule has 72 valence electrons. The van der Waals surface area contributed by atoms with Crippen molar-refractivity contribution >= 4 is 12.0 Å². The minimum absolute atomic E-state index is 0.301. The molecule has 0 bridgehead atoms. The second kappa shape index (κ2) is 3.66. The van der Waals surface area contributed by atoms with E-state index in [1.807, 2.05) is 24.5 Å². The van der Waals surface area contributed by atoms with E-state index in [4.69, 9.17) is 0 Å². The topological polar surface area (TPSA) is 15.6 Å². The van der Waals surface area contributed by atoms with E-state index in [1.165, 1.54) is 5.70 Å². The highest BCUT2D eigenvalue weighted by atomic mass is 15.2. The van der Waals surface area contributed by atoms with E-state index in [0.717, 1.165) is 5.69 Å². The molecular weight excluding hydrogens is 172 g/mol. The summed E-state index contributed by atoms with van der Waals surface area (Å²) in [5, 5.41) is 0. The maximum absolute atomic E-state index is 4.36. The van der Waals surface area contributed by atoms with Gasteiger partial charge in [-0.05, 0) is 32.1 Å². The Labute approximate surface area is 84.6 Å². The largest absolute Gasteiger partial charge is 0.306 e. The molecule has 1 aromatic carbocycles. The first kappa shape index (κ1) is 9.00. The molecule has 0 unspecified atom stereocenters. The third-order valence-electron chi connectivity index (χ3n) is 2.31. The minimum atomic E-state index is 0.301. The van der Waals surface area contributed by atoms with E-state index in [1.54, 1.807) is 0 Å². The van der Waals surface area contributed by atoms with E-state index in [9.17, 15) is 0 Å². The Morgan fingerprint density at radius 2 is 1.93 bits per heavy atom. The lowest BCUT2D eigenvalue weighted by Crippen LogP contribution is -2.24. The van der Waals surface area contributed by atoms with Gasteiger partial charge >= 0.3 is 0 Å². The smallest absolute Gasteiger partial charge is 0.0944 e. The van der Waals surface area contributed by atoms with Crippen molar-refractivity contribution < 1.29 is 0 Å². The van der Waals surface area contributed by atoms with Gasteiger partial charge in [-0.2, -0.15) is 0 Å². The molecule has 0 saturated heterocycles. The van der Waals surface area contributed by atoms with Crippen molar-refractivity contribution in [2.75, 3.05) is 4.90 Å². The molecule has 0 aromatic heterocycles. The highest BCUT2D eigenvalue weighted by molar-refractivity contribution is 5.84. The fraction of sp³-hybridized carbons (Fsp3) is 0.250. The van der Waals surface area contributed by atoms with Crippen LogP contribution in [0.5, 0.6) is 0 Å². The number of nitrogens with zero attached hydrogens (tertiary/aromatic N) is 2. The molecule has 0 fully saturated rings. The zero-order valence-corrected chi connectivity index (χ0v) is 8.51. The standard InChI is InChI=1S/C12H14N2/c1-10-8-11(2)14(9-13-10)12-6-4-3-5-7-12/h3-10H,1-2H3/t10-/m0/s1. The molecule has 1 aliphatic rings. The Morgan fingerprint density at radius 3 is 2.57 bits per heavy atom. The van der Waals surface area contributed by atoms with Crippen LogP contribution in [-0.4, -0.2) is 12.4 Å². The lowest BCUT2D eigenvalue weighted by Gasteiger charge is -2.24. The van der Waals surface area contributed by atoms with Crippen molar-refractivity contribution in [1.29, 1.82) is 0 Å². The van der Waals surface area contributed by atoms with E-state index in [0.29, 0.717) is 6.04 Å². The van der Waals surface area contributed by atoms with Crippen LogP contribution in [0.3, 0.4) is 0 Å². The van der Waals surface area contributed by atoms with Crippen LogP contribution >= 0.6 is 0 Å². The van der Waals surface area contributed by atoms with Gasteiger partial charge in [0.05, 0.1) is 12.4 Å². The molecule has 1 heterocycles. The summed E-state index contributed by atoms with van der Waals surface area (Å²) in [6.07, 6.45) is 4.06. The molecule has 2 heteroatoms. The van der Waals surface area contributed by atoms with E-state index >= 15 is 0 Å². The maximum atomic E-state index is 4.36. The molecule has 1 aromatic rings. The van der Waals surface area contributed by atoms with Gasteiger partial charge in [-0.1, -0.05) is 18.2 Å². The molecule has 0 radical (unpaired) electrons. The van der Waals surface area contributed by atoms with E-state index in [-0.39, 0.29) is 0 Å². The van der Waals surface area contributed by atoms with E-state index < -0.39 is 0 Å². The van der Waals surface area contributed by atoms with Crippen LogP contribution in [0, 0.1) is 0 Å². The summed E-state index contributed by atoms with van der Waals surface area (Å²) in [5.41, 5.74) is 2.40. The Balaban J connectivity index is 2.29. The van der Waals surface area contributed by atoms with Crippen molar-refractivity contribution in [2.24, 2.45) is 4.99 Å². The van der Waals surface area contributed by atoms with Crippen LogP contribution in [0.2, 0.25) is 0 Å². The molecule has 1 aliphatic heterocycles. The van der Waals surface area contributed by atoms with Gasteiger partial charge in [0, 0.05) is 11.4 Å². The van der Waals surface area contributed by atoms with Gasteiger partial charge in [0.15, 0.2) is 0 Å². The van der Waals surface area contributed by atoms with Crippen molar-refractivity contribution in [3.63, 3.8) is 0 Å². The first-order valence-electron chi connectivity index (χ1n) is 4.83. The number of hydrogen-bond acceptors (Lipinski definition) is 2. The predicted molar refractivity (Wildman–Crippen MR) is 60.6 cm³/mol. The fourth-order valence-electron chi connectivity index (χ4n) is 1.59. The summed E-state index contributed by atoms with van der Waals surface area (Å²) in [7, 11) is 0. The molecule has 0 N–H and O–H groups in total. The van der Waals surface area contributed by atoms with Crippen molar-refractivity contribution in [1.82, 2.24) is 0 Å². The SMILES string of the molecule is CC1=C[C@H](C)N=CN1c1ccccc1. The van der Waals surface area contributed by atoms with Gasteiger partial charge in [0.25, 0.3) is 0 Å². The second-order valence-corrected chi connectivity index (χ2v) is 3.52. The molecule has 0 amide bonds. The zero-order chi connectivity index (χ0) is 9.97. The molecule has 0 aliphatic carbocycles. The van der Waals surface area contributed by atoms with E-state index in [2.05, 4.69) is 41.9 Å². The number of aliphatic imine (C=N–C) groups is 1. The summed E-state index contributed by atoms with van der Waals surface area (Å²) in [6.45, 7) is 4.19. The normalized spacial score (nSPS) is 20.9. The number of hydrogen-bond donors (Lipinski definition) is 0. The molecule has 2 rings (SSSR count). The van der Waals surface area contributed by atoms with Crippen LogP contribution in [0.15, 0.2) is 47.1 Å². The number of benzene rings is 1. The van der Waals surface area contributed by atoms with Crippen molar-refractivity contribution in [3.8, 4) is 0 Å².